The van der Waals surface area contributed by atoms with E-state index in [2.05, 4.69) is 37.3 Å². The first-order valence-corrected chi connectivity index (χ1v) is 8.27. The van der Waals surface area contributed by atoms with Gasteiger partial charge in [0.15, 0.2) is 0 Å². The van der Waals surface area contributed by atoms with Crippen LogP contribution in [0.2, 0.25) is 0 Å². The topological polar surface area (TPSA) is 44.0 Å². The molecule has 1 N–H and O–H groups in total. The molecule has 2 unspecified atom stereocenters. The van der Waals surface area contributed by atoms with E-state index in [1.807, 2.05) is 6.07 Å². The zero-order valence-corrected chi connectivity index (χ0v) is 12.9. The number of aliphatic hydroxyl groups is 1. The van der Waals surface area contributed by atoms with Gasteiger partial charge in [-0.2, -0.15) is 5.26 Å². The van der Waals surface area contributed by atoms with Crippen molar-refractivity contribution in [3.05, 3.63) is 35.9 Å². The van der Waals surface area contributed by atoms with Crippen LogP contribution in [0.25, 0.3) is 0 Å². The Kier molecular flexibility index (Phi) is 3.80. The summed E-state index contributed by atoms with van der Waals surface area (Å²) in [7, 11) is 0. The summed E-state index contributed by atoms with van der Waals surface area (Å²) < 4.78 is 0. The van der Waals surface area contributed by atoms with Crippen LogP contribution in [0.15, 0.2) is 30.3 Å². The second kappa shape index (κ2) is 5.46. The molecule has 1 aromatic rings. The predicted octanol–water partition coefficient (Wildman–Crippen LogP) is 4.41. The highest BCUT2D eigenvalue weighted by Crippen LogP contribution is 2.55. The Bertz CT molecular complexity index is 524. The summed E-state index contributed by atoms with van der Waals surface area (Å²) in [4.78, 5) is 0. The van der Waals surface area contributed by atoms with Crippen LogP contribution in [0, 0.1) is 22.7 Å². The third kappa shape index (κ3) is 2.49. The summed E-state index contributed by atoms with van der Waals surface area (Å²) in [5.41, 5.74) is 0.122. The van der Waals surface area contributed by atoms with Gasteiger partial charge in [-0.3, -0.25) is 0 Å². The maximum absolute atomic E-state index is 11.2. The Balaban J connectivity index is 1.74. The van der Waals surface area contributed by atoms with E-state index in [0.717, 1.165) is 44.9 Å². The van der Waals surface area contributed by atoms with Gasteiger partial charge in [0.1, 0.15) is 0 Å². The van der Waals surface area contributed by atoms with E-state index in [1.165, 1.54) is 5.56 Å². The van der Waals surface area contributed by atoms with Crippen LogP contribution in [0.4, 0.5) is 0 Å². The molecule has 0 heterocycles. The monoisotopic (exact) mass is 283 g/mol. The molecule has 112 valence electrons. The van der Waals surface area contributed by atoms with Crippen molar-refractivity contribution in [3.8, 4) is 6.07 Å². The van der Waals surface area contributed by atoms with E-state index in [1.54, 1.807) is 0 Å². The van der Waals surface area contributed by atoms with Gasteiger partial charge >= 0.3 is 0 Å². The number of hydrogen-bond donors (Lipinski definition) is 1. The van der Waals surface area contributed by atoms with E-state index in [4.69, 9.17) is 0 Å². The van der Waals surface area contributed by atoms with Crippen LogP contribution >= 0.6 is 0 Å². The van der Waals surface area contributed by atoms with Crippen LogP contribution < -0.4 is 0 Å². The fourth-order valence-corrected chi connectivity index (χ4v) is 4.55. The van der Waals surface area contributed by atoms with Gasteiger partial charge < -0.3 is 5.11 Å². The van der Waals surface area contributed by atoms with Gasteiger partial charge in [-0.05, 0) is 62.3 Å². The molecule has 2 saturated carbocycles. The lowest BCUT2D eigenvalue weighted by Gasteiger charge is -2.45. The third-order valence-corrected chi connectivity index (χ3v) is 5.95. The molecular formula is C19H25NO. The van der Waals surface area contributed by atoms with Crippen LogP contribution in [0.1, 0.15) is 63.4 Å². The SMILES string of the molecule is CC1CCC(C#N)(C2(O)CCC(c3ccccc3)CC2)C1. The van der Waals surface area contributed by atoms with E-state index < -0.39 is 11.0 Å². The predicted molar refractivity (Wildman–Crippen MR) is 83.7 cm³/mol. The molecule has 2 atom stereocenters. The lowest BCUT2D eigenvalue weighted by atomic mass is 9.62. The van der Waals surface area contributed by atoms with Gasteiger partial charge in [0, 0.05) is 0 Å². The summed E-state index contributed by atoms with van der Waals surface area (Å²) in [5.74, 6) is 1.11. The molecule has 2 aliphatic rings. The van der Waals surface area contributed by atoms with Crippen molar-refractivity contribution in [2.75, 3.05) is 0 Å². The zero-order valence-electron chi connectivity index (χ0n) is 12.9. The molecule has 2 fully saturated rings. The molecule has 2 heteroatoms. The van der Waals surface area contributed by atoms with Gasteiger partial charge in [0.25, 0.3) is 0 Å². The average Bonchev–Trinajstić information content (AvgIpc) is 2.92. The van der Waals surface area contributed by atoms with Crippen LogP contribution in [-0.2, 0) is 0 Å². The molecule has 3 rings (SSSR count). The normalized spacial score (nSPS) is 39.9. The fourth-order valence-electron chi connectivity index (χ4n) is 4.55. The quantitative estimate of drug-likeness (QED) is 0.874. The Labute approximate surface area is 127 Å². The van der Waals surface area contributed by atoms with E-state index in [9.17, 15) is 10.4 Å². The second-order valence-corrected chi connectivity index (χ2v) is 7.26. The van der Waals surface area contributed by atoms with E-state index >= 15 is 0 Å². The summed E-state index contributed by atoms with van der Waals surface area (Å²) >= 11 is 0. The lowest BCUT2D eigenvalue weighted by molar-refractivity contribution is -0.0846. The molecule has 21 heavy (non-hydrogen) atoms. The van der Waals surface area contributed by atoms with Gasteiger partial charge in [-0.15, -0.1) is 0 Å². The molecule has 0 amide bonds. The molecule has 0 spiro atoms. The highest BCUT2D eigenvalue weighted by molar-refractivity contribution is 5.22. The van der Waals surface area contributed by atoms with E-state index in [-0.39, 0.29) is 0 Å². The van der Waals surface area contributed by atoms with Crippen LogP contribution in [0.3, 0.4) is 0 Å². The minimum atomic E-state index is -0.766. The van der Waals surface area contributed by atoms with Gasteiger partial charge in [-0.1, -0.05) is 37.3 Å². The number of nitrogens with zero attached hydrogens (tertiary/aromatic N) is 1. The maximum Gasteiger partial charge on any atom is 0.0862 e. The first-order valence-electron chi connectivity index (χ1n) is 8.27. The van der Waals surface area contributed by atoms with Crippen molar-refractivity contribution in [1.82, 2.24) is 0 Å². The minimum Gasteiger partial charge on any atom is -0.388 e. The summed E-state index contributed by atoms with van der Waals surface area (Å²) in [6, 6.07) is 13.1. The number of nitriles is 1. The highest BCUT2D eigenvalue weighted by atomic mass is 16.3. The molecule has 0 aliphatic heterocycles. The third-order valence-electron chi connectivity index (χ3n) is 5.95. The Morgan fingerprint density at radius 3 is 2.29 bits per heavy atom. The molecule has 0 saturated heterocycles. The van der Waals surface area contributed by atoms with Gasteiger partial charge in [-0.25, -0.2) is 0 Å². The zero-order chi connectivity index (χ0) is 14.9. The molecular weight excluding hydrogens is 258 g/mol. The van der Waals surface area contributed by atoms with Crippen molar-refractivity contribution in [2.24, 2.45) is 11.3 Å². The van der Waals surface area contributed by atoms with Crippen molar-refractivity contribution in [1.29, 1.82) is 5.26 Å². The average molecular weight is 283 g/mol. The van der Waals surface area contributed by atoms with Crippen molar-refractivity contribution in [3.63, 3.8) is 0 Å². The van der Waals surface area contributed by atoms with Crippen molar-refractivity contribution < 1.29 is 5.11 Å². The van der Waals surface area contributed by atoms with Gasteiger partial charge in [0.05, 0.1) is 17.1 Å². The number of benzene rings is 1. The lowest BCUT2D eigenvalue weighted by Crippen LogP contribution is -2.48. The fraction of sp³-hybridized carbons (Fsp3) is 0.632. The molecule has 2 aliphatic carbocycles. The summed E-state index contributed by atoms with van der Waals surface area (Å²) in [5, 5.41) is 20.9. The molecule has 0 aromatic heterocycles. The largest absolute Gasteiger partial charge is 0.388 e. The first-order chi connectivity index (χ1) is 10.1. The van der Waals surface area contributed by atoms with Gasteiger partial charge in [0.2, 0.25) is 0 Å². The Hall–Kier alpha value is -1.33. The summed E-state index contributed by atoms with van der Waals surface area (Å²) in [6.45, 7) is 2.21. The standard InChI is InChI=1S/C19H25NO/c1-15-7-10-18(13-15,14-20)19(21)11-8-17(9-12-19)16-5-3-2-4-6-16/h2-6,15,17,21H,7-13H2,1H3. The summed E-state index contributed by atoms with van der Waals surface area (Å²) in [6.07, 6.45) is 6.36. The Morgan fingerprint density at radius 2 is 1.76 bits per heavy atom. The maximum atomic E-state index is 11.2. The number of rotatable bonds is 2. The second-order valence-electron chi connectivity index (χ2n) is 7.26. The Morgan fingerprint density at radius 1 is 1.10 bits per heavy atom. The van der Waals surface area contributed by atoms with Crippen LogP contribution in [0.5, 0.6) is 0 Å². The molecule has 2 nitrogen and oxygen atoms in total. The van der Waals surface area contributed by atoms with E-state index in [0.29, 0.717) is 11.8 Å². The van der Waals surface area contributed by atoms with Crippen molar-refractivity contribution in [2.45, 2.75) is 63.4 Å². The smallest absolute Gasteiger partial charge is 0.0862 e. The highest BCUT2D eigenvalue weighted by Gasteiger charge is 2.54. The molecule has 0 bridgehead atoms. The first kappa shape index (κ1) is 14.6. The van der Waals surface area contributed by atoms with Crippen molar-refractivity contribution >= 4 is 0 Å². The number of hydrogen-bond acceptors (Lipinski definition) is 2. The molecule has 0 radical (unpaired) electrons. The van der Waals surface area contributed by atoms with Crippen LogP contribution in [-0.4, -0.2) is 10.7 Å². The minimum absolute atomic E-state index is 0.492. The molecule has 1 aromatic carbocycles.